The summed E-state index contributed by atoms with van der Waals surface area (Å²) in [6.07, 6.45) is 0.670. The van der Waals surface area contributed by atoms with Gasteiger partial charge in [0.25, 0.3) is 5.56 Å². The predicted octanol–water partition coefficient (Wildman–Crippen LogP) is 3.27. The smallest absolute Gasteiger partial charge is 0.259 e. The van der Waals surface area contributed by atoms with E-state index in [2.05, 4.69) is 0 Å². The molecule has 2 aromatic carbocycles. The maximum absolute atomic E-state index is 13.4. The summed E-state index contributed by atoms with van der Waals surface area (Å²) in [5.74, 6) is -0.717. The Balaban J connectivity index is 2.48. The van der Waals surface area contributed by atoms with E-state index in [-0.39, 0.29) is 17.0 Å². The number of carbonyl (C=O) groups excluding carboxylic acids is 2. The zero-order valence-electron chi connectivity index (χ0n) is 15.3. The summed E-state index contributed by atoms with van der Waals surface area (Å²) in [5.41, 5.74) is 0.699. The van der Waals surface area contributed by atoms with Crippen molar-refractivity contribution in [2.75, 3.05) is 14.1 Å². The van der Waals surface area contributed by atoms with E-state index in [0.717, 1.165) is 0 Å². The molecule has 0 aliphatic carbocycles. The molecule has 0 radical (unpaired) electrons. The largest absolute Gasteiger partial charge is 0.347 e. The van der Waals surface area contributed by atoms with Gasteiger partial charge in [-0.3, -0.25) is 19.0 Å². The van der Waals surface area contributed by atoms with Crippen molar-refractivity contribution in [1.82, 2.24) is 9.47 Å². The van der Waals surface area contributed by atoms with E-state index in [1.165, 1.54) is 33.7 Å². The molecule has 0 fully saturated rings. The van der Waals surface area contributed by atoms with Crippen LogP contribution in [0.5, 0.6) is 0 Å². The number of hydrogen-bond acceptors (Lipinski definition) is 3. The first-order chi connectivity index (χ1) is 12.9. The number of nitrogens with zero attached hydrogens (tertiary/aromatic N) is 2. The topological polar surface area (TPSA) is 59.4 Å². The van der Waals surface area contributed by atoms with Crippen LogP contribution in [0.4, 0.5) is 4.39 Å². The number of rotatable bonds is 4. The van der Waals surface area contributed by atoms with Gasteiger partial charge in [0.1, 0.15) is 11.9 Å². The summed E-state index contributed by atoms with van der Waals surface area (Å²) in [6.45, 7) is 1.61. The van der Waals surface area contributed by atoms with Crippen LogP contribution in [0.3, 0.4) is 0 Å². The van der Waals surface area contributed by atoms with E-state index < -0.39 is 11.9 Å². The second-order valence-corrected chi connectivity index (χ2v) is 6.52. The number of aldehydes is 1. The van der Waals surface area contributed by atoms with Crippen molar-refractivity contribution in [3.63, 3.8) is 0 Å². The third kappa shape index (κ3) is 3.14. The van der Waals surface area contributed by atoms with Gasteiger partial charge in [-0.25, -0.2) is 4.39 Å². The molecule has 6 heteroatoms. The van der Waals surface area contributed by atoms with Crippen LogP contribution in [0, 0.1) is 5.82 Å². The van der Waals surface area contributed by atoms with E-state index in [0.29, 0.717) is 28.3 Å². The quantitative estimate of drug-likeness (QED) is 0.666. The lowest BCUT2D eigenvalue weighted by atomic mass is 9.98. The molecule has 5 nitrogen and oxygen atoms in total. The van der Waals surface area contributed by atoms with E-state index in [1.807, 2.05) is 0 Å². The van der Waals surface area contributed by atoms with Crippen LogP contribution in [0.25, 0.3) is 22.0 Å². The van der Waals surface area contributed by atoms with Gasteiger partial charge in [0, 0.05) is 25.0 Å². The average Bonchev–Trinajstić information content (AvgIpc) is 2.67. The third-order valence-electron chi connectivity index (χ3n) is 4.58. The Labute approximate surface area is 155 Å². The Hall–Kier alpha value is -3.28. The highest BCUT2D eigenvalue weighted by atomic mass is 19.1. The fraction of sp³-hybridized carbons (Fsp3) is 0.190. The van der Waals surface area contributed by atoms with Gasteiger partial charge in [0.15, 0.2) is 6.29 Å². The maximum Gasteiger partial charge on any atom is 0.259 e. The van der Waals surface area contributed by atoms with Crippen molar-refractivity contribution in [2.24, 2.45) is 0 Å². The molecule has 27 heavy (non-hydrogen) atoms. The van der Waals surface area contributed by atoms with Crippen LogP contribution in [0.2, 0.25) is 0 Å². The number of aromatic nitrogens is 1. The molecular weight excluding hydrogens is 347 g/mol. The number of hydrogen-bond donors (Lipinski definition) is 0. The Morgan fingerprint density at radius 3 is 2.22 bits per heavy atom. The van der Waals surface area contributed by atoms with Crippen LogP contribution in [0.1, 0.15) is 23.3 Å². The van der Waals surface area contributed by atoms with Crippen LogP contribution in [-0.4, -0.2) is 35.8 Å². The lowest BCUT2D eigenvalue weighted by Crippen LogP contribution is -2.36. The second kappa shape index (κ2) is 7.15. The molecule has 1 amide bonds. The molecule has 0 aliphatic rings. The first-order valence-corrected chi connectivity index (χ1v) is 8.46. The maximum atomic E-state index is 13.4. The van der Waals surface area contributed by atoms with Gasteiger partial charge in [-0.15, -0.1) is 0 Å². The van der Waals surface area contributed by atoms with Crippen molar-refractivity contribution in [3.8, 4) is 11.3 Å². The monoisotopic (exact) mass is 366 g/mol. The van der Waals surface area contributed by atoms with Crippen LogP contribution < -0.4 is 5.56 Å². The Bertz CT molecular complexity index is 1090. The van der Waals surface area contributed by atoms with E-state index in [4.69, 9.17) is 0 Å². The van der Waals surface area contributed by atoms with Crippen LogP contribution in [0.15, 0.2) is 53.3 Å². The summed E-state index contributed by atoms with van der Waals surface area (Å²) in [4.78, 5) is 39.2. The minimum Gasteiger partial charge on any atom is -0.347 e. The molecule has 0 N–H and O–H groups in total. The standard InChI is InChI=1S/C21H19FN2O3/c1-13(20(26)23(2)3)24-19(14-8-10-15(22)11-9-14)18(12-25)16-6-4-5-7-17(16)21(24)27/h4-13H,1-3H3. The molecule has 0 spiro atoms. The Morgan fingerprint density at radius 2 is 1.67 bits per heavy atom. The molecule has 0 aliphatic heterocycles. The van der Waals surface area contributed by atoms with Crippen molar-refractivity contribution in [3.05, 3.63) is 70.3 Å². The molecule has 0 saturated carbocycles. The SMILES string of the molecule is CC(C(=O)N(C)C)n1c(-c2ccc(F)cc2)c(C=O)c2ccccc2c1=O. The Morgan fingerprint density at radius 1 is 1.07 bits per heavy atom. The first-order valence-electron chi connectivity index (χ1n) is 8.46. The summed E-state index contributed by atoms with van der Waals surface area (Å²) in [5, 5.41) is 0.849. The molecule has 138 valence electrons. The molecule has 3 rings (SSSR count). The van der Waals surface area contributed by atoms with Crippen molar-refractivity contribution < 1.29 is 14.0 Å². The molecule has 0 saturated heterocycles. The number of pyridine rings is 1. The number of carbonyl (C=O) groups is 2. The predicted molar refractivity (Wildman–Crippen MR) is 102 cm³/mol. The number of amides is 1. The van der Waals surface area contributed by atoms with Crippen LogP contribution >= 0.6 is 0 Å². The summed E-state index contributed by atoms with van der Waals surface area (Å²) < 4.78 is 14.7. The van der Waals surface area contributed by atoms with Gasteiger partial charge < -0.3 is 4.90 Å². The van der Waals surface area contributed by atoms with Gasteiger partial charge in [-0.2, -0.15) is 0 Å². The number of fused-ring (bicyclic) bond motifs is 1. The molecule has 1 atom stereocenters. The zero-order chi connectivity index (χ0) is 19.7. The normalized spacial score (nSPS) is 12.0. The van der Waals surface area contributed by atoms with E-state index in [9.17, 15) is 18.8 Å². The molecule has 1 aromatic heterocycles. The van der Waals surface area contributed by atoms with Gasteiger partial charge in [-0.1, -0.05) is 18.2 Å². The number of benzene rings is 2. The molecule has 1 unspecified atom stereocenters. The Kier molecular flexibility index (Phi) is 4.90. The van der Waals surface area contributed by atoms with Gasteiger partial charge in [-0.05, 0) is 48.2 Å². The highest BCUT2D eigenvalue weighted by Crippen LogP contribution is 2.30. The average molecular weight is 366 g/mol. The van der Waals surface area contributed by atoms with Gasteiger partial charge >= 0.3 is 0 Å². The van der Waals surface area contributed by atoms with E-state index >= 15 is 0 Å². The minimum absolute atomic E-state index is 0.285. The first kappa shape index (κ1) is 18.5. The van der Waals surface area contributed by atoms with Crippen LogP contribution in [-0.2, 0) is 4.79 Å². The highest BCUT2D eigenvalue weighted by molar-refractivity contribution is 6.03. The van der Waals surface area contributed by atoms with E-state index in [1.54, 1.807) is 45.3 Å². The molecule has 1 heterocycles. The summed E-state index contributed by atoms with van der Waals surface area (Å²) in [7, 11) is 3.20. The zero-order valence-corrected chi connectivity index (χ0v) is 15.3. The third-order valence-corrected chi connectivity index (χ3v) is 4.58. The van der Waals surface area contributed by atoms with Crippen molar-refractivity contribution >= 4 is 23.0 Å². The van der Waals surface area contributed by atoms with Gasteiger partial charge in [0.2, 0.25) is 5.91 Å². The second-order valence-electron chi connectivity index (χ2n) is 6.52. The van der Waals surface area contributed by atoms with Crippen molar-refractivity contribution in [2.45, 2.75) is 13.0 Å². The lowest BCUT2D eigenvalue weighted by molar-refractivity contribution is -0.131. The minimum atomic E-state index is -0.837. The molecule has 3 aromatic rings. The fourth-order valence-electron chi connectivity index (χ4n) is 3.27. The molecular formula is C21H19FN2O3. The summed E-state index contributed by atoms with van der Waals surface area (Å²) >= 11 is 0. The lowest BCUT2D eigenvalue weighted by Gasteiger charge is -2.24. The highest BCUT2D eigenvalue weighted by Gasteiger charge is 2.25. The van der Waals surface area contributed by atoms with Crippen molar-refractivity contribution in [1.29, 1.82) is 0 Å². The fourth-order valence-corrected chi connectivity index (χ4v) is 3.27. The summed E-state index contributed by atoms with van der Waals surface area (Å²) in [6, 6.07) is 11.4. The molecule has 0 bridgehead atoms. The van der Waals surface area contributed by atoms with Gasteiger partial charge in [0.05, 0.1) is 5.69 Å². The number of likely N-dealkylation sites (N-methyl/N-ethyl adjacent to an activating group) is 1. The number of halogens is 1.